The molecule has 1 aromatic heterocycles. The van der Waals surface area contributed by atoms with Crippen LogP contribution in [-0.2, 0) is 0 Å². The van der Waals surface area contributed by atoms with Crippen LogP contribution in [0.3, 0.4) is 0 Å². The van der Waals surface area contributed by atoms with Crippen molar-refractivity contribution >= 4 is 0 Å². The van der Waals surface area contributed by atoms with Gasteiger partial charge >= 0.3 is 0 Å². The van der Waals surface area contributed by atoms with Crippen molar-refractivity contribution in [1.82, 2.24) is 4.98 Å². The Labute approximate surface area is 122 Å². The van der Waals surface area contributed by atoms with Gasteiger partial charge < -0.3 is 9.72 Å². The Kier molecular flexibility index (Phi) is 3.56. The van der Waals surface area contributed by atoms with Crippen LogP contribution < -0.4 is 10.3 Å². The van der Waals surface area contributed by atoms with Gasteiger partial charge in [-0.2, -0.15) is 0 Å². The maximum absolute atomic E-state index is 11.9. The van der Waals surface area contributed by atoms with Crippen LogP contribution in [-0.4, -0.2) is 12.1 Å². The van der Waals surface area contributed by atoms with Gasteiger partial charge in [-0.1, -0.05) is 42.5 Å². The average Bonchev–Trinajstić information content (AvgIpc) is 2.55. The largest absolute Gasteiger partial charge is 0.497 e. The average molecular weight is 277 g/mol. The van der Waals surface area contributed by atoms with Gasteiger partial charge in [0.1, 0.15) is 5.75 Å². The van der Waals surface area contributed by atoms with Crippen LogP contribution in [0.5, 0.6) is 5.75 Å². The Balaban J connectivity index is 2.12. The van der Waals surface area contributed by atoms with E-state index in [0.717, 1.165) is 28.1 Å². The van der Waals surface area contributed by atoms with Crippen LogP contribution >= 0.6 is 0 Å². The number of aromatic nitrogens is 1. The molecule has 2 aromatic carbocycles. The molecule has 1 N–H and O–H groups in total. The summed E-state index contributed by atoms with van der Waals surface area (Å²) in [6.07, 6.45) is 0. The van der Waals surface area contributed by atoms with E-state index < -0.39 is 0 Å². The fourth-order valence-electron chi connectivity index (χ4n) is 2.29. The molecular weight excluding hydrogens is 262 g/mol. The summed E-state index contributed by atoms with van der Waals surface area (Å²) in [5, 5.41) is 0. The minimum absolute atomic E-state index is 0.117. The van der Waals surface area contributed by atoms with Crippen LogP contribution in [0.2, 0.25) is 0 Å². The molecule has 0 atom stereocenters. The van der Waals surface area contributed by atoms with Crippen molar-refractivity contribution in [2.45, 2.75) is 0 Å². The molecule has 104 valence electrons. The molecule has 0 amide bonds. The first-order valence-corrected chi connectivity index (χ1v) is 6.70. The van der Waals surface area contributed by atoms with Crippen LogP contribution in [0.4, 0.5) is 0 Å². The number of rotatable bonds is 3. The van der Waals surface area contributed by atoms with Crippen molar-refractivity contribution in [3.05, 3.63) is 77.1 Å². The third-order valence-electron chi connectivity index (χ3n) is 3.33. The smallest absolute Gasteiger partial charge is 0.249 e. The summed E-state index contributed by atoms with van der Waals surface area (Å²) in [5.74, 6) is 0.762. The van der Waals surface area contributed by atoms with Gasteiger partial charge in [0.05, 0.1) is 7.11 Å². The lowest BCUT2D eigenvalue weighted by molar-refractivity contribution is 0.415. The molecule has 0 spiro atoms. The normalized spacial score (nSPS) is 10.3. The molecule has 0 fully saturated rings. The van der Waals surface area contributed by atoms with E-state index in [1.807, 2.05) is 60.7 Å². The molecule has 0 unspecified atom stereocenters. The quantitative estimate of drug-likeness (QED) is 0.792. The van der Waals surface area contributed by atoms with Crippen molar-refractivity contribution in [3.8, 4) is 28.1 Å². The van der Waals surface area contributed by atoms with Crippen molar-refractivity contribution in [3.63, 3.8) is 0 Å². The first-order chi connectivity index (χ1) is 10.3. The van der Waals surface area contributed by atoms with Gasteiger partial charge in [-0.15, -0.1) is 0 Å². The van der Waals surface area contributed by atoms with Crippen molar-refractivity contribution in [1.29, 1.82) is 0 Å². The fourth-order valence-corrected chi connectivity index (χ4v) is 2.29. The molecule has 0 bridgehead atoms. The number of aromatic amines is 1. The van der Waals surface area contributed by atoms with Gasteiger partial charge in [0.25, 0.3) is 0 Å². The maximum atomic E-state index is 11.9. The van der Waals surface area contributed by atoms with Crippen LogP contribution in [0.15, 0.2) is 71.5 Å². The van der Waals surface area contributed by atoms with Gasteiger partial charge in [-0.3, -0.25) is 4.79 Å². The minimum Gasteiger partial charge on any atom is -0.497 e. The van der Waals surface area contributed by atoms with Gasteiger partial charge in [0.2, 0.25) is 5.56 Å². The topological polar surface area (TPSA) is 42.1 Å². The Morgan fingerprint density at radius 2 is 1.57 bits per heavy atom. The van der Waals surface area contributed by atoms with Crippen molar-refractivity contribution < 1.29 is 4.74 Å². The summed E-state index contributed by atoms with van der Waals surface area (Å²) in [5.41, 5.74) is 3.50. The van der Waals surface area contributed by atoms with Crippen LogP contribution in [0, 0.1) is 0 Å². The zero-order valence-corrected chi connectivity index (χ0v) is 11.7. The molecule has 21 heavy (non-hydrogen) atoms. The van der Waals surface area contributed by atoms with E-state index >= 15 is 0 Å². The van der Waals surface area contributed by atoms with Crippen molar-refractivity contribution in [2.24, 2.45) is 0 Å². The molecule has 3 nitrogen and oxygen atoms in total. The lowest BCUT2D eigenvalue weighted by Crippen LogP contribution is -2.05. The summed E-state index contributed by atoms with van der Waals surface area (Å²) >= 11 is 0. The highest BCUT2D eigenvalue weighted by molar-refractivity contribution is 5.70. The number of pyridine rings is 1. The van der Waals surface area contributed by atoms with E-state index in [-0.39, 0.29) is 5.56 Å². The molecule has 0 radical (unpaired) electrons. The Hall–Kier alpha value is -2.81. The molecule has 0 aliphatic rings. The summed E-state index contributed by atoms with van der Waals surface area (Å²) in [4.78, 5) is 14.8. The highest BCUT2D eigenvalue weighted by atomic mass is 16.5. The molecule has 0 aliphatic carbocycles. The predicted octanol–water partition coefficient (Wildman–Crippen LogP) is 3.72. The zero-order chi connectivity index (χ0) is 14.7. The molecule has 3 heteroatoms. The lowest BCUT2D eigenvalue weighted by Gasteiger charge is -2.07. The van der Waals surface area contributed by atoms with Gasteiger partial charge in [0.15, 0.2) is 0 Å². The number of ether oxygens (including phenoxy) is 1. The SMILES string of the molecule is COc1cccc(-c2cc(-c3ccccc3)cc(=O)[nH]2)c1. The van der Waals surface area contributed by atoms with Gasteiger partial charge in [-0.05, 0) is 29.3 Å². The van der Waals surface area contributed by atoms with E-state index in [1.54, 1.807) is 13.2 Å². The maximum Gasteiger partial charge on any atom is 0.249 e. The monoisotopic (exact) mass is 277 g/mol. The second-order valence-electron chi connectivity index (χ2n) is 4.74. The predicted molar refractivity (Wildman–Crippen MR) is 84.5 cm³/mol. The van der Waals surface area contributed by atoms with Crippen LogP contribution in [0.25, 0.3) is 22.4 Å². The first kappa shape index (κ1) is 13.2. The highest BCUT2D eigenvalue weighted by Crippen LogP contribution is 2.25. The zero-order valence-electron chi connectivity index (χ0n) is 11.7. The highest BCUT2D eigenvalue weighted by Gasteiger charge is 2.05. The Morgan fingerprint density at radius 1 is 0.810 bits per heavy atom. The second kappa shape index (κ2) is 5.67. The molecule has 3 aromatic rings. The number of hydrogen-bond acceptors (Lipinski definition) is 2. The molecule has 0 saturated carbocycles. The molecule has 0 saturated heterocycles. The Bertz CT molecular complexity index is 807. The summed E-state index contributed by atoms with van der Waals surface area (Å²) in [6.45, 7) is 0. The number of H-pyrrole nitrogens is 1. The lowest BCUT2D eigenvalue weighted by atomic mass is 10.0. The van der Waals surface area contributed by atoms with Crippen LogP contribution in [0.1, 0.15) is 0 Å². The van der Waals surface area contributed by atoms with E-state index in [0.29, 0.717) is 0 Å². The third-order valence-corrected chi connectivity index (χ3v) is 3.33. The standard InChI is InChI=1S/C18H15NO2/c1-21-16-9-5-8-14(10-16)17-11-15(12-18(20)19-17)13-6-3-2-4-7-13/h2-12H,1H3,(H,19,20). The number of hydrogen-bond donors (Lipinski definition) is 1. The van der Waals surface area contributed by atoms with Gasteiger partial charge in [-0.25, -0.2) is 0 Å². The molecule has 1 heterocycles. The summed E-state index contributed by atoms with van der Waals surface area (Å²) in [7, 11) is 1.63. The number of methoxy groups -OCH3 is 1. The number of benzene rings is 2. The third kappa shape index (κ3) is 2.87. The minimum atomic E-state index is -0.117. The summed E-state index contributed by atoms with van der Waals surface area (Å²) < 4.78 is 5.23. The van der Waals surface area contributed by atoms with Gasteiger partial charge in [0, 0.05) is 17.3 Å². The Morgan fingerprint density at radius 3 is 2.33 bits per heavy atom. The van der Waals surface area contributed by atoms with E-state index in [1.165, 1.54) is 0 Å². The van der Waals surface area contributed by atoms with Crippen molar-refractivity contribution in [2.75, 3.05) is 7.11 Å². The number of nitrogens with one attached hydrogen (secondary N) is 1. The second-order valence-corrected chi connectivity index (χ2v) is 4.74. The molecule has 3 rings (SSSR count). The first-order valence-electron chi connectivity index (χ1n) is 6.70. The molecule has 0 aliphatic heterocycles. The summed E-state index contributed by atoms with van der Waals surface area (Å²) in [6, 6.07) is 21.1. The molecular formula is C18H15NO2. The van der Waals surface area contributed by atoms with E-state index in [2.05, 4.69) is 4.98 Å². The van der Waals surface area contributed by atoms with E-state index in [4.69, 9.17) is 4.74 Å². The fraction of sp³-hybridized carbons (Fsp3) is 0.0556. The van der Waals surface area contributed by atoms with E-state index in [9.17, 15) is 4.79 Å².